The van der Waals surface area contributed by atoms with Gasteiger partial charge >= 0.3 is 0 Å². The molecule has 1 unspecified atom stereocenters. The quantitative estimate of drug-likeness (QED) is 0.819. The van der Waals surface area contributed by atoms with Gasteiger partial charge < -0.3 is 5.11 Å². The predicted octanol–water partition coefficient (Wildman–Crippen LogP) is 4.32. The van der Waals surface area contributed by atoms with Crippen molar-refractivity contribution in [2.45, 2.75) is 34.1 Å². The standard InChI is InChI=1S/C17H22O/c1-12-9-14(10-13(2)16(12)18)11-15-7-5-6-8-17(15,3)4/h5-10,15,18H,11H2,1-4H3. The first-order valence-electron chi connectivity index (χ1n) is 6.55. The lowest BCUT2D eigenvalue weighted by Crippen LogP contribution is -2.23. The minimum atomic E-state index is 0.203. The van der Waals surface area contributed by atoms with Crippen molar-refractivity contribution in [2.24, 2.45) is 11.3 Å². The molecule has 2 rings (SSSR count). The lowest BCUT2D eigenvalue weighted by atomic mass is 9.73. The highest BCUT2D eigenvalue weighted by molar-refractivity contribution is 5.42. The van der Waals surface area contributed by atoms with Crippen LogP contribution < -0.4 is 0 Å². The molecule has 0 radical (unpaired) electrons. The fraction of sp³-hybridized carbons (Fsp3) is 0.412. The van der Waals surface area contributed by atoms with Crippen LogP contribution in [0.4, 0.5) is 0 Å². The Morgan fingerprint density at radius 1 is 1.11 bits per heavy atom. The molecule has 0 saturated heterocycles. The van der Waals surface area contributed by atoms with Crippen molar-refractivity contribution in [1.29, 1.82) is 0 Å². The molecule has 96 valence electrons. The molecule has 1 aromatic carbocycles. The smallest absolute Gasteiger partial charge is 0.121 e. The van der Waals surface area contributed by atoms with Gasteiger partial charge in [0.25, 0.3) is 0 Å². The van der Waals surface area contributed by atoms with Crippen molar-refractivity contribution in [1.82, 2.24) is 0 Å². The van der Waals surface area contributed by atoms with Crippen molar-refractivity contribution in [3.8, 4) is 5.75 Å². The maximum atomic E-state index is 9.81. The highest BCUT2D eigenvalue weighted by Gasteiger charge is 2.26. The number of rotatable bonds is 2. The van der Waals surface area contributed by atoms with E-state index in [1.807, 2.05) is 13.8 Å². The zero-order chi connectivity index (χ0) is 13.3. The van der Waals surface area contributed by atoms with E-state index in [9.17, 15) is 5.11 Å². The highest BCUT2D eigenvalue weighted by Crippen LogP contribution is 2.35. The number of hydrogen-bond donors (Lipinski definition) is 1. The van der Waals surface area contributed by atoms with Crippen LogP contribution in [0.15, 0.2) is 36.4 Å². The van der Waals surface area contributed by atoms with Crippen molar-refractivity contribution in [2.75, 3.05) is 0 Å². The van der Waals surface area contributed by atoms with Crippen LogP contribution >= 0.6 is 0 Å². The van der Waals surface area contributed by atoms with Gasteiger partial charge in [0, 0.05) is 0 Å². The van der Waals surface area contributed by atoms with Crippen molar-refractivity contribution >= 4 is 0 Å². The van der Waals surface area contributed by atoms with Crippen LogP contribution in [0.1, 0.15) is 30.5 Å². The molecule has 0 amide bonds. The first-order chi connectivity index (χ1) is 8.40. The van der Waals surface area contributed by atoms with Gasteiger partial charge in [0.15, 0.2) is 0 Å². The summed E-state index contributed by atoms with van der Waals surface area (Å²) in [7, 11) is 0. The number of phenolic OH excluding ortho intramolecular Hbond substituents is 1. The van der Waals surface area contributed by atoms with E-state index in [1.165, 1.54) is 5.56 Å². The summed E-state index contributed by atoms with van der Waals surface area (Å²) < 4.78 is 0. The molecule has 1 aliphatic rings. The summed E-state index contributed by atoms with van der Waals surface area (Å²) >= 11 is 0. The Labute approximate surface area is 110 Å². The van der Waals surface area contributed by atoms with Crippen molar-refractivity contribution in [3.63, 3.8) is 0 Å². The fourth-order valence-corrected chi connectivity index (χ4v) is 2.62. The van der Waals surface area contributed by atoms with Crippen LogP contribution in [-0.2, 0) is 6.42 Å². The third-order valence-electron chi connectivity index (χ3n) is 3.94. The molecular weight excluding hydrogens is 220 g/mol. The lowest BCUT2D eigenvalue weighted by Gasteiger charge is -2.31. The highest BCUT2D eigenvalue weighted by atomic mass is 16.3. The fourth-order valence-electron chi connectivity index (χ4n) is 2.62. The van der Waals surface area contributed by atoms with E-state index in [0.29, 0.717) is 11.7 Å². The molecule has 0 fully saturated rings. The van der Waals surface area contributed by atoms with Gasteiger partial charge in [-0.05, 0) is 48.3 Å². The predicted molar refractivity (Wildman–Crippen MR) is 76.8 cm³/mol. The number of aryl methyl sites for hydroxylation is 2. The molecule has 1 atom stereocenters. The molecule has 0 aromatic heterocycles. The van der Waals surface area contributed by atoms with Crippen LogP contribution in [0.5, 0.6) is 5.75 Å². The molecule has 1 aromatic rings. The minimum Gasteiger partial charge on any atom is -0.507 e. The Bertz CT molecular complexity index is 483. The van der Waals surface area contributed by atoms with E-state index in [0.717, 1.165) is 17.5 Å². The number of allylic oxidation sites excluding steroid dienone is 4. The second-order valence-corrected chi connectivity index (χ2v) is 5.95. The zero-order valence-electron chi connectivity index (χ0n) is 11.7. The number of phenols is 1. The summed E-state index contributed by atoms with van der Waals surface area (Å²) in [6.45, 7) is 8.48. The number of hydrogen-bond acceptors (Lipinski definition) is 1. The molecule has 1 heteroatoms. The largest absolute Gasteiger partial charge is 0.507 e. The summed E-state index contributed by atoms with van der Waals surface area (Å²) in [6.07, 6.45) is 9.85. The summed E-state index contributed by atoms with van der Waals surface area (Å²) in [4.78, 5) is 0. The van der Waals surface area contributed by atoms with Gasteiger partial charge in [-0.1, -0.05) is 50.3 Å². The van der Waals surface area contributed by atoms with Crippen LogP contribution in [0.2, 0.25) is 0 Å². The second-order valence-electron chi connectivity index (χ2n) is 5.95. The van der Waals surface area contributed by atoms with Crippen LogP contribution in [0.3, 0.4) is 0 Å². The van der Waals surface area contributed by atoms with E-state index in [2.05, 4.69) is 50.3 Å². The Balaban J connectivity index is 2.25. The third-order valence-corrected chi connectivity index (χ3v) is 3.94. The van der Waals surface area contributed by atoms with Gasteiger partial charge in [0.1, 0.15) is 5.75 Å². The Hall–Kier alpha value is -1.50. The Morgan fingerprint density at radius 2 is 1.72 bits per heavy atom. The molecule has 1 N–H and O–H groups in total. The molecule has 0 spiro atoms. The van der Waals surface area contributed by atoms with Gasteiger partial charge in [0.2, 0.25) is 0 Å². The number of benzene rings is 1. The zero-order valence-corrected chi connectivity index (χ0v) is 11.7. The summed E-state index contributed by atoms with van der Waals surface area (Å²) in [5.74, 6) is 0.947. The van der Waals surface area contributed by atoms with Gasteiger partial charge in [-0.3, -0.25) is 0 Å². The summed E-state index contributed by atoms with van der Waals surface area (Å²) in [5, 5.41) is 9.81. The molecule has 0 bridgehead atoms. The SMILES string of the molecule is Cc1cc(CC2C=CC=CC2(C)C)cc(C)c1O. The molecule has 0 heterocycles. The maximum absolute atomic E-state index is 9.81. The molecular formula is C17H22O. The van der Waals surface area contributed by atoms with Crippen molar-refractivity contribution in [3.05, 3.63) is 53.1 Å². The van der Waals surface area contributed by atoms with E-state index in [1.54, 1.807) is 0 Å². The first kappa shape index (κ1) is 12.9. The van der Waals surface area contributed by atoms with Crippen LogP contribution in [0, 0.1) is 25.2 Å². The third kappa shape index (κ3) is 2.50. The lowest BCUT2D eigenvalue weighted by molar-refractivity contribution is 0.337. The van der Waals surface area contributed by atoms with Gasteiger partial charge in [-0.2, -0.15) is 0 Å². The topological polar surface area (TPSA) is 20.2 Å². The molecule has 1 aliphatic carbocycles. The van der Waals surface area contributed by atoms with E-state index >= 15 is 0 Å². The van der Waals surface area contributed by atoms with Crippen LogP contribution in [0.25, 0.3) is 0 Å². The van der Waals surface area contributed by atoms with E-state index in [-0.39, 0.29) is 5.41 Å². The van der Waals surface area contributed by atoms with Gasteiger partial charge in [0.05, 0.1) is 0 Å². The maximum Gasteiger partial charge on any atom is 0.121 e. The van der Waals surface area contributed by atoms with Gasteiger partial charge in [-0.25, -0.2) is 0 Å². The number of aromatic hydroxyl groups is 1. The molecule has 18 heavy (non-hydrogen) atoms. The first-order valence-corrected chi connectivity index (χ1v) is 6.55. The summed E-state index contributed by atoms with van der Waals surface area (Å²) in [6, 6.07) is 4.20. The van der Waals surface area contributed by atoms with Crippen LogP contribution in [-0.4, -0.2) is 5.11 Å². The normalized spacial score (nSPS) is 21.2. The average Bonchev–Trinajstić information content (AvgIpc) is 2.28. The molecule has 0 aliphatic heterocycles. The molecule has 1 nitrogen and oxygen atoms in total. The Morgan fingerprint density at radius 3 is 2.28 bits per heavy atom. The molecule has 0 saturated carbocycles. The second kappa shape index (κ2) is 4.64. The minimum absolute atomic E-state index is 0.203. The summed E-state index contributed by atoms with van der Waals surface area (Å²) in [5.41, 5.74) is 3.45. The monoisotopic (exact) mass is 242 g/mol. The van der Waals surface area contributed by atoms with E-state index in [4.69, 9.17) is 0 Å². The van der Waals surface area contributed by atoms with Gasteiger partial charge in [-0.15, -0.1) is 0 Å². The van der Waals surface area contributed by atoms with E-state index < -0.39 is 0 Å². The van der Waals surface area contributed by atoms with Crippen molar-refractivity contribution < 1.29 is 5.11 Å². The Kier molecular flexibility index (Phi) is 3.34. The average molecular weight is 242 g/mol.